The van der Waals surface area contributed by atoms with Gasteiger partial charge < -0.3 is 14.8 Å². The van der Waals surface area contributed by atoms with Gasteiger partial charge in [-0.2, -0.15) is 0 Å². The first kappa shape index (κ1) is 12.9. The van der Waals surface area contributed by atoms with Crippen LogP contribution in [0.5, 0.6) is 0 Å². The fourth-order valence-corrected chi connectivity index (χ4v) is 0.899. The van der Waals surface area contributed by atoms with Crippen molar-refractivity contribution in [2.75, 3.05) is 33.4 Å². The molecule has 0 aliphatic heterocycles. The zero-order valence-corrected chi connectivity index (χ0v) is 9.14. The van der Waals surface area contributed by atoms with E-state index in [-0.39, 0.29) is 0 Å². The maximum atomic E-state index is 5.53. The van der Waals surface area contributed by atoms with Crippen LogP contribution < -0.4 is 5.32 Å². The Morgan fingerprint density at radius 3 is 2.62 bits per heavy atom. The molecule has 0 heterocycles. The first-order valence-corrected chi connectivity index (χ1v) is 5.12. The Bertz CT molecular complexity index is 98.9. The molecule has 0 saturated heterocycles. The molecule has 3 nitrogen and oxygen atoms in total. The standard InChI is InChI=1S/C10H23NO2/c1-4-10(2)13-8-5-6-11-7-9-12-3/h10-11H,4-9H2,1-3H3. The predicted octanol–water partition coefficient (Wildman–Crippen LogP) is 1.43. The summed E-state index contributed by atoms with van der Waals surface area (Å²) in [5, 5.41) is 3.27. The molecule has 0 aromatic carbocycles. The quantitative estimate of drug-likeness (QED) is 0.557. The highest BCUT2D eigenvalue weighted by Gasteiger charge is 1.96. The molecule has 0 radical (unpaired) electrons. The van der Waals surface area contributed by atoms with Gasteiger partial charge in [0, 0.05) is 20.3 Å². The van der Waals surface area contributed by atoms with Crippen LogP contribution in [0.15, 0.2) is 0 Å². The molecule has 0 spiro atoms. The van der Waals surface area contributed by atoms with Gasteiger partial charge in [0.25, 0.3) is 0 Å². The smallest absolute Gasteiger partial charge is 0.0587 e. The molecule has 3 heteroatoms. The summed E-state index contributed by atoms with van der Waals surface area (Å²) in [5.74, 6) is 0. The highest BCUT2D eigenvalue weighted by molar-refractivity contribution is 4.48. The van der Waals surface area contributed by atoms with Gasteiger partial charge in [-0.05, 0) is 26.3 Å². The highest BCUT2D eigenvalue weighted by Crippen LogP contribution is 1.95. The van der Waals surface area contributed by atoms with E-state index in [0.29, 0.717) is 6.10 Å². The van der Waals surface area contributed by atoms with Crippen LogP contribution in [0.1, 0.15) is 26.7 Å². The third-order valence-corrected chi connectivity index (χ3v) is 1.96. The average Bonchev–Trinajstić information content (AvgIpc) is 2.16. The molecule has 0 rings (SSSR count). The van der Waals surface area contributed by atoms with Crippen molar-refractivity contribution in [3.05, 3.63) is 0 Å². The van der Waals surface area contributed by atoms with E-state index in [1.807, 2.05) is 0 Å². The first-order valence-electron chi connectivity index (χ1n) is 5.12. The summed E-state index contributed by atoms with van der Waals surface area (Å²) in [5.41, 5.74) is 0. The van der Waals surface area contributed by atoms with Crippen LogP contribution in [0.25, 0.3) is 0 Å². The minimum Gasteiger partial charge on any atom is -0.383 e. The highest BCUT2D eigenvalue weighted by atomic mass is 16.5. The van der Waals surface area contributed by atoms with Crippen molar-refractivity contribution in [2.24, 2.45) is 0 Å². The second-order valence-corrected chi connectivity index (χ2v) is 3.19. The van der Waals surface area contributed by atoms with E-state index in [9.17, 15) is 0 Å². The number of rotatable bonds is 9. The maximum absolute atomic E-state index is 5.53. The number of hydrogen-bond donors (Lipinski definition) is 1. The lowest BCUT2D eigenvalue weighted by Crippen LogP contribution is -2.22. The summed E-state index contributed by atoms with van der Waals surface area (Å²) < 4.78 is 10.4. The van der Waals surface area contributed by atoms with Crippen LogP contribution in [0, 0.1) is 0 Å². The van der Waals surface area contributed by atoms with Gasteiger partial charge in [-0.3, -0.25) is 0 Å². The monoisotopic (exact) mass is 189 g/mol. The molecule has 0 aliphatic carbocycles. The lowest BCUT2D eigenvalue weighted by Gasteiger charge is -2.10. The normalized spacial score (nSPS) is 13.2. The Hall–Kier alpha value is -0.120. The summed E-state index contributed by atoms with van der Waals surface area (Å²) >= 11 is 0. The lowest BCUT2D eigenvalue weighted by molar-refractivity contribution is 0.0618. The van der Waals surface area contributed by atoms with E-state index in [0.717, 1.165) is 39.1 Å². The van der Waals surface area contributed by atoms with Gasteiger partial charge in [-0.1, -0.05) is 6.92 Å². The predicted molar refractivity (Wildman–Crippen MR) is 55.1 cm³/mol. The zero-order chi connectivity index (χ0) is 9.94. The molecule has 0 aromatic rings. The summed E-state index contributed by atoms with van der Waals surface area (Å²) in [6.07, 6.45) is 2.57. The van der Waals surface area contributed by atoms with Crippen LogP contribution in [0.4, 0.5) is 0 Å². The summed E-state index contributed by atoms with van der Waals surface area (Å²) in [4.78, 5) is 0. The van der Waals surface area contributed by atoms with E-state index in [4.69, 9.17) is 9.47 Å². The minimum atomic E-state index is 0.402. The Kier molecular flexibility index (Phi) is 9.87. The third-order valence-electron chi connectivity index (χ3n) is 1.96. The van der Waals surface area contributed by atoms with Gasteiger partial charge in [0.1, 0.15) is 0 Å². The summed E-state index contributed by atoms with van der Waals surface area (Å²) in [6.45, 7) is 7.83. The molecule has 80 valence electrons. The first-order chi connectivity index (χ1) is 6.31. The average molecular weight is 189 g/mol. The molecular weight excluding hydrogens is 166 g/mol. The van der Waals surface area contributed by atoms with Crippen molar-refractivity contribution in [3.8, 4) is 0 Å². The van der Waals surface area contributed by atoms with Gasteiger partial charge >= 0.3 is 0 Å². The Labute approximate surface area is 81.8 Å². The van der Waals surface area contributed by atoms with E-state index in [1.165, 1.54) is 0 Å². The largest absolute Gasteiger partial charge is 0.383 e. The van der Waals surface area contributed by atoms with Crippen LogP contribution >= 0.6 is 0 Å². The number of ether oxygens (including phenoxy) is 2. The Balaban J connectivity index is 2.91. The van der Waals surface area contributed by atoms with Crippen LogP contribution in [-0.4, -0.2) is 39.5 Å². The maximum Gasteiger partial charge on any atom is 0.0587 e. The van der Waals surface area contributed by atoms with Crippen LogP contribution in [-0.2, 0) is 9.47 Å². The Morgan fingerprint density at radius 1 is 1.23 bits per heavy atom. The van der Waals surface area contributed by atoms with Crippen molar-refractivity contribution in [3.63, 3.8) is 0 Å². The van der Waals surface area contributed by atoms with E-state index >= 15 is 0 Å². The number of nitrogens with one attached hydrogen (secondary N) is 1. The summed E-state index contributed by atoms with van der Waals surface area (Å²) in [7, 11) is 1.72. The molecule has 0 amide bonds. The molecular formula is C10H23NO2. The summed E-state index contributed by atoms with van der Waals surface area (Å²) in [6, 6.07) is 0. The van der Waals surface area contributed by atoms with Gasteiger partial charge in [0.2, 0.25) is 0 Å². The van der Waals surface area contributed by atoms with Crippen LogP contribution in [0.2, 0.25) is 0 Å². The van der Waals surface area contributed by atoms with Gasteiger partial charge in [0.05, 0.1) is 12.7 Å². The van der Waals surface area contributed by atoms with E-state index < -0.39 is 0 Å². The van der Waals surface area contributed by atoms with Gasteiger partial charge in [-0.25, -0.2) is 0 Å². The van der Waals surface area contributed by atoms with Crippen molar-refractivity contribution in [1.82, 2.24) is 5.32 Å². The van der Waals surface area contributed by atoms with Crippen molar-refractivity contribution in [1.29, 1.82) is 0 Å². The van der Waals surface area contributed by atoms with Crippen molar-refractivity contribution < 1.29 is 9.47 Å². The molecule has 0 aliphatic rings. The van der Waals surface area contributed by atoms with Crippen molar-refractivity contribution >= 4 is 0 Å². The van der Waals surface area contributed by atoms with Crippen LogP contribution in [0.3, 0.4) is 0 Å². The van der Waals surface area contributed by atoms with Gasteiger partial charge in [0.15, 0.2) is 0 Å². The van der Waals surface area contributed by atoms with Crippen molar-refractivity contribution in [2.45, 2.75) is 32.8 Å². The Morgan fingerprint density at radius 2 is 2.00 bits per heavy atom. The molecule has 1 N–H and O–H groups in total. The molecule has 13 heavy (non-hydrogen) atoms. The molecule has 0 fully saturated rings. The number of hydrogen-bond acceptors (Lipinski definition) is 3. The molecule has 0 saturated carbocycles. The second-order valence-electron chi connectivity index (χ2n) is 3.19. The van der Waals surface area contributed by atoms with E-state index in [1.54, 1.807) is 7.11 Å². The topological polar surface area (TPSA) is 30.5 Å². The third kappa shape index (κ3) is 9.80. The molecule has 1 unspecified atom stereocenters. The second kappa shape index (κ2) is 9.96. The zero-order valence-electron chi connectivity index (χ0n) is 9.14. The SMILES string of the molecule is CCC(C)OCCCNCCOC. The fourth-order valence-electron chi connectivity index (χ4n) is 0.899. The van der Waals surface area contributed by atoms with Gasteiger partial charge in [-0.15, -0.1) is 0 Å². The number of methoxy groups -OCH3 is 1. The molecule has 0 aromatic heterocycles. The minimum absolute atomic E-state index is 0.402. The molecule has 0 bridgehead atoms. The van der Waals surface area contributed by atoms with E-state index in [2.05, 4.69) is 19.2 Å². The fraction of sp³-hybridized carbons (Fsp3) is 1.00. The molecule has 1 atom stereocenters. The lowest BCUT2D eigenvalue weighted by atomic mass is 10.3.